The molecule has 0 radical (unpaired) electrons. The van der Waals surface area contributed by atoms with E-state index in [9.17, 15) is 4.79 Å². The Morgan fingerprint density at radius 2 is 1.58 bits per heavy atom. The number of carbonyl (C=O) groups excluding carboxylic acids is 1. The van der Waals surface area contributed by atoms with Gasteiger partial charge in [0.15, 0.2) is 11.5 Å². The van der Waals surface area contributed by atoms with Crippen LogP contribution in [-0.2, 0) is 0 Å². The summed E-state index contributed by atoms with van der Waals surface area (Å²) in [6, 6.07) is 14.5. The first-order valence-corrected chi connectivity index (χ1v) is 13.6. The van der Waals surface area contributed by atoms with Crippen LogP contribution in [0.2, 0.25) is 0 Å². The third-order valence-electron chi connectivity index (χ3n) is 5.34. The van der Waals surface area contributed by atoms with Crippen molar-refractivity contribution in [2.24, 2.45) is 5.10 Å². The quantitative estimate of drug-likeness (QED) is 0.119. The number of nitrogens with one attached hydrogen (secondary N) is 1. The van der Waals surface area contributed by atoms with Crippen molar-refractivity contribution >= 4 is 28.1 Å². The third kappa shape index (κ3) is 9.70. The molecule has 1 aromatic heterocycles. The number of carbonyl (C=O) groups is 1. The number of ether oxygens (including phenoxy) is 4. The summed E-state index contributed by atoms with van der Waals surface area (Å²) in [6.07, 6.45) is 9.37. The van der Waals surface area contributed by atoms with Crippen LogP contribution in [0.15, 0.2) is 70.5 Å². The third-order valence-corrected chi connectivity index (χ3v) is 5.93. The lowest BCUT2D eigenvalue weighted by Crippen LogP contribution is -2.17. The highest BCUT2D eigenvalue weighted by atomic mass is 79.9. The first kappa shape index (κ1) is 29.0. The molecule has 0 aliphatic heterocycles. The smallest absolute Gasteiger partial charge is 0.271 e. The predicted octanol–water partition coefficient (Wildman–Crippen LogP) is 6.42. The maximum absolute atomic E-state index is 12.1. The number of aromatic nitrogens is 1. The number of hydrogen-bond donors (Lipinski definition) is 1. The van der Waals surface area contributed by atoms with Crippen molar-refractivity contribution in [1.82, 2.24) is 10.4 Å². The fraction of sp³-hybridized carbons (Fsp3) is 0.345. The van der Waals surface area contributed by atoms with Gasteiger partial charge in [-0.1, -0.05) is 26.2 Å². The zero-order valence-electron chi connectivity index (χ0n) is 21.8. The second-order valence-corrected chi connectivity index (χ2v) is 9.13. The number of rotatable bonds is 16. The van der Waals surface area contributed by atoms with Crippen molar-refractivity contribution in [3.63, 3.8) is 0 Å². The Hall–Kier alpha value is -3.59. The Morgan fingerprint density at radius 3 is 2.26 bits per heavy atom. The maximum atomic E-state index is 12.1. The summed E-state index contributed by atoms with van der Waals surface area (Å²) in [7, 11) is 0. The monoisotopic (exact) mass is 583 g/mol. The maximum Gasteiger partial charge on any atom is 0.271 e. The number of pyridine rings is 1. The zero-order chi connectivity index (χ0) is 27.0. The van der Waals surface area contributed by atoms with Crippen LogP contribution in [-0.4, -0.2) is 43.5 Å². The van der Waals surface area contributed by atoms with Gasteiger partial charge < -0.3 is 18.9 Å². The molecule has 38 heavy (non-hydrogen) atoms. The molecule has 0 saturated carbocycles. The number of nitrogens with zero attached hydrogens (tertiary/aromatic N) is 2. The molecule has 0 spiro atoms. The van der Waals surface area contributed by atoms with E-state index in [0.29, 0.717) is 41.4 Å². The first-order chi connectivity index (χ1) is 18.6. The molecule has 1 N–H and O–H groups in total. The molecule has 2 aromatic carbocycles. The minimum Gasteiger partial charge on any atom is -0.494 e. The summed E-state index contributed by atoms with van der Waals surface area (Å²) < 4.78 is 24.0. The highest BCUT2D eigenvalue weighted by molar-refractivity contribution is 9.10. The number of hydrogen-bond acceptors (Lipinski definition) is 7. The molecule has 0 fully saturated rings. The van der Waals surface area contributed by atoms with Crippen molar-refractivity contribution < 1.29 is 23.7 Å². The average Bonchev–Trinajstić information content (AvgIpc) is 2.93. The molecule has 1 amide bonds. The molecule has 0 aliphatic carbocycles. The van der Waals surface area contributed by atoms with E-state index >= 15 is 0 Å². The van der Waals surface area contributed by atoms with Crippen LogP contribution in [0.4, 0.5) is 0 Å². The van der Waals surface area contributed by atoms with Gasteiger partial charge in [-0.05, 0) is 83.4 Å². The van der Waals surface area contributed by atoms with Gasteiger partial charge in [0.05, 0.1) is 23.9 Å². The van der Waals surface area contributed by atoms with Gasteiger partial charge in [-0.2, -0.15) is 5.10 Å². The summed E-state index contributed by atoms with van der Waals surface area (Å²) in [5.41, 5.74) is 3.70. The molecular formula is C29H34BrN3O5. The summed E-state index contributed by atoms with van der Waals surface area (Å²) in [4.78, 5) is 16.0. The van der Waals surface area contributed by atoms with Gasteiger partial charge in [-0.3, -0.25) is 9.78 Å². The van der Waals surface area contributed by atoms with Crippen molar-refractivity contribution in [3.05, 3.63) is 76.5 Å². The molecule has 0 bridgehead atoms. The SMILES string of the molecule is CCCCCCOc1ccc(OCCOc2c(Br)cc(/C=N\NC(=O)c3ccncc3)cc2OCC)cc1. The van der Waals surface area contributed by atoms with E-state index in [4.69, 9.17) is 18.9 Å². The van der Waals surface area contributed by atoms with Gasteiger partial charge in [0.25, 0.3) is 5.91 Å². The topological polar surface area (TPSA) is 91.3 Å². The van der Waals surface area contributed by atoms with Crippen LogP contribution >= 0.6 is 15.9 Å². The van der Waals surface area contributed by atoms with Crippen LogP contribution in [0.1, 0.15) is 55.5 Å². The Bertz CT molecular complexity index is 1160. The zero-order valence-corrected chi connectivity index (χ0v) is 23.4. The Balaban J connectivity index is 1.49. The summed E-state index contributed by atoms with van der Waals surface area (Å²) in [5, 5.41) is 4.04. The van der Waals surface area contributed by atoms with Crippen LogP contribution < -0.4 is 24.4 Å². The highest BCUT2D eigenvalue weighted by Gasteiger charge is 2.12. The van der Waals surface area contributed by atoms with Crippen molar-refractivity contribution in [3.8, 4) is 23.0 Å². The van der Waals surface area contributed by atoms with Crippen LogP contribution in [0.3, 0.4) is 0 Å². The van der Waals surface area contributed by atoms with E-state index in [1.165, 1.54) is 25.5 Å². The molecular weight excluding hydrogens is 550 g/mol. The van der Waals surface area contributed by atoms with Crippen molar-refractivity contribution in [1.29, 1.82) is 0 Å². The van der Waals surface area contributed by atoms with Crippen molar-refractivity contribution in [2.45, 2.75) is 39.5 Å². The summed E-state index contributed by atoms with van der Waals surface area (Å²) in [5.74, 6) is 2.40. The molecule has 1 heterocycles. The van der Waals surface area contributed by atoms with Crippen LogP contribution in [0.5, 0.6) is 23.0 Å². The predicted molar refractivity (Wildman–Crippen MR) is 152 cm³/mol. The molecule has 0 saturated heterocycles. The normalized spacial score (nSPS) is 10.8. The molecule has 0 unspecified atom stereocenters. The van der Waals surface area contributed by atoms with Gasteiger partial charge in [0.1, 0.15) is 24.7 Å². The second-order valence-electron chi connectivity index (χ2n) is 8.28. The molecule has 0 aliphatic rings. The molecule has 9 heteroatoms. The Kier molecular flexibility index (Phi) is 12.4. The lowest BCUT2D eigenvalue weighted by Gasteiger charge is -2.15. The summed E-state index contributed by atoms with van der Waals surface area (Å²) >= 11 is 3.55. The van der Waals surface area contributed by atoms with Gasteiger partial charge in [0, 0.05) is 18.0 Å². The fourth-order valence-electron chi connectivity index (χ4n) is 3.45. The van der Waals surface area contributed by atoms with E-state index in [2.05, 4.69) is 38.4 Å². The number of benzene rings is 2. The number of hydrazone groups is 1. The Labute approximate surface area is 232 Å². The highest BCUT2D eigenvalue weighted by Crippen LogP contribution is 2.36. The number of amides is 1. The van der Waals surface area contributed by atoms with Gasteiger partial charge in [0.2, 0.25) is 0 Å². The first-order valence-electron chi connectivity index (χ1n) is 12.8. The molecule has 8 nitrogen and oxygen atoms in total. The van der Waals surface area contributed by atoms with E-state index < -0.39 is 0 Å². The fourth-order valence-corrected chi connectivity index (χ4v) is 4.03. The average molecular weight is 585 g/mol. The standard InChI is InChI=1S/C29H34BrN3O5/c1-3-5-6-7-16-36-24-8-10-25(11-9-24)37-17-18-38-28-26(30)19-22(20-27(28)35-4-2)21-32-33-29(34)23-12-14-31-15-13-23/h8-15,19-21H,3-7,16-18H2,1-2H3,(H,33,34)/b32-21-. The number of halogens is 1. The lowest BCUT2D eigenvalue weighted by molar-refractivity contribution is 0.0955. The van der Waals surface area contributed by atoms with E-state index in [0.717, 1.165) is 30.1 Å². The minimum atomic E-state index is -0.322. The van der Waals surface area contributed by atoms with Crippen LogP contribution in [0.25, 0.3) is 0 Å². The largest absolute Gasteiger partial charge is 0.494 e. The van der Waals surface area contributed by atoms with Crippen molar-refractivity contribution in [2.75, 3.05) is 26.4 Å². The second kappa shape index (κ2) is 16.3. The van der Waals surface area contributed by atoms with Crippen LogP contribution in [0, 0.1) is 0 Å². The van der Waals surface area contributed by atoms with Gasteiger partial charge in [-0.25, -0.2) is 5.43 Å². The molecule has 202 valence electrons. The number of unbranched alkanes of at least 4 members (excludes halogenated alkanes) is 3. The van der Waals surface area contributed by atoms with Gasteiger partial charge >= 0.3 is 0 Å². The van der Waals surface area contributed by atoms with Gasteiger partial charge in [-0.15, -0.1) is 0 Å². The van der Waals surface area contributed by atoms with E-state index in [-0.39, 0.29) is 5.91 Å². The summed E-state index contributed by atoms with van der Waals surface area (Å²) in [6.45, 7) is 5.98. The molecule has 3 rings (SSSR count). The van der Waals surface area contributed by atoms with E-state index in [1.807, 2.05) is 37.3 Å². The lowest BCUT2D eigenvalue weighted by atomic mass is 10.2. The minimum absolute atomic E-state index is 0.322. The molecule has 3 aromatic rings. The van der Waals surface area contributed by atoms with E-state index in [1.54, 1.807) is 30.6 Å². The Morgan fingerprint density at radius 1 is 0.895 bits per heavy atom. The molecule has 0 atom stereocenters.